The van der Waals surface area contributed by atoms with E-state index in [1.54, 1.807) is 7.11 Å². The molecule has 1 fully saturated rings. The number of morpholine rings is 1. The summed E-state index contributed by atoms with van der Waals surface area (Å²) in [6.45, 7) is 7.47. The van der Waals surface area contributed by atoms with Gasteiger partial charge in [0.25, 0.3) is 0 Å². The SMILES string of the molecule is COc1ccc(CN2CCOCC2(C)C)cc1C(N)=NO. The highest BCUT2D eigenvalue weighted by Gasteiger charge is 2.30. The summed E-state index contributed by atoms with van der Waals surface area (Å²) in [5, 5.41) is 11.9. The molecule has 3 N–H and O–H groups in total. The van der Waals surface area contributed by atoms with Crippen molar-refractivity contribution in [3.63, 3.8) is 0 Å². The van der Waals surface area contributed by atoms with E-state index in [4.69, 9.17) is 20.4 Å². The van der Waals surface area contributed by atoms with E-state index < -0.39 is 0 Å². The summed E-state index contributed by atoms with van der Waals surface area (Å²) in [5.41, 5.74) is 7.40. The molecule has 6 nitrogen and oxygen atoms in total. The van der Waals surface area contributed by atoms with Gasteiger partial charge in [0.1, 0.15) is 5.75 Å². The van der Waals surface area contributed by atoms with E-state index in [9.17, 15) is 0 Å². The molecule has 0 aromatic heterocycles. The summed E-state index contributed by atoms with van der Waals surface area (Å²) < 4.78 is 10.8. The zero-order chi connectivity index (χ0) is 15.5. The molecule has 0 aliphatic carbocycles. The number of methoxy groups -OCH3 is 1. The first kappa shape index (κ1) is 15.6. The van der Waals surface area contributed by atoms with E-state index in [2.05, 4.69) is 23.9 Å². The van der Waals surface area contributed by atoms with Gasteiger partial charge in [0.15, 0.2) is 5.84 Å². The molecule has 0 spiro atoms. The van der Waals surface area contributed by atoms with Crippen LogP contribution in [0.1, 0.15) is 25.0 Å². The monoisotopic (exact) mass is 293 g/mol. The number of nitrogens with two attached hydrogens (primary N) is 1. The van der Waals surface area contributed by atoms with Crippen molar-refractivity contribution in [1.29, 1.82) is 0 Å². The molecule has 1 aromatic rings. The van der Waals surface area contributed by atoms with Crippen molar-refractivity contribution in [3.8, 4) is 5.75 Å². The lowest BCUT2D eigenvalue weighted by atomic mass is 10.0. The molecule has 0 atom stereocenters. The van der Waals surface area contributed by atoms with Crippen LogP contribution in [0.25, 0.3) is 0 Å². The van der Waals surface area contributed by atoms with Crippen LogP contribution in [0.3, 0.4) is 0 Å². The van der Waals surface area contributed by atoms with E-state index in [1.807, 2.05) is 18.2 Å². The van der Waals surface area contributed by atoms with Crippen molar-refractivity contribution >= 4 is 5.84 Å². The van der Waals surface area contributed by atoms with Gasteiger partial charge in [0.05, 0.1) is 25.9 Å². The number of benzene rings is 1. The lowest BCUT2D eigenvalue weighted by Gasteiger charge is -2.42. The lowest BCUT2D eigenvalue weighted by molar-refractivity contribution is -0.0552. The van der Waals surface area contributed by atoms with Crippen molar-refractivity contribution in [2.75, 3.05) is 26.9 Å². The summed E-state index contributed by atoms with van der Waals surface area (Å²) in [6.07, 6.45) is 0. The maximum absolute atomic E-state index is 8.88. The Morgan fingerprint density at radius 3 is 2.90 bits per heavy atom. The number of rotatable bonds is 4. The van der Waals surface area contributed by atoms with E-state index >= 15 is 0 Å². The lowest BCUT2D eigenvalue weighted by Crippen LogP contribution is -2.52. The van der Waals surface area contributed by atoms with Gasteiger partial charge in [0.2, 0.25) is 0 Å². The van der Waals surface area contributed by atoms with Gasteiger partial charge in [-0.25, -0.2) is 0 Å². The standard InChI is InChI=1S/C15H23N3O3/c1-15(2)10-21-7-6-18(15)9-11-4-5-13(20-3)12(8-11)14(16)17-19/h4-5,8,19H,6-7,9-10H2,1-3H3,(H2,16,17). The third-order valence-corrected chi connectivity index (χ3v) is 3.84. The third-order valence-electron chi connectivity index (χ3n) is 3.84. The Balaban J connectivity index is 2.24. The Kier molecular flexibility index (Phi) is 4.69. The number of oxime groups is 1. The van der Waals surface area contributed by atoms with Crippen LogP contribution in [0.4, 0.5) is 0 Å². The Morgan fingerprint density at radius 1 is 1.52 bits per heavy atom. The summed E-state index contributed by atoms with van der Waals surface area (Å²) in [4.78, 5) is 2.37. The molecule has 6 heteroatoms. The van der Waals surface area contributed by atoms with Gasteiger partial charge in [-0.3, -0.25) is 4.90 Å². The number of ether oxygens (including phenoxy) is 2. The molecular formula is C15H23N3O3. The van der Waals surface area contributed by atoms with Crippen LogP contribution in [0.5, 0.6) is 5.75 Å². The van der Waals surface area contributed by atoms with E-state index in [-0.39, 0.29) is 11.4 Å². The van der Waals surface area contributed by atoms with Crippen LogP contribution >= 0.6 is 0 Å². The van der Waals surface area contributed by atoms with Gasteiger partial charge in [-0.15, -0.1) is 0 Å². The fourth-order valence-electron chi connectivity index (χ4n) is 2.51. The van der Waals surface area contributed by atoms with Crippen molar-refractivity contribution in [2.45, 2.75) is 25.9 Å². The fourth-order valence-corrected chi connectivity index (χ4v) is 2.51. The number of amidine groups is 1. The first-order chi connectivity index (χ1) is 9.97. The molecule has 2 rings (SSSR count). The molecule has 0 saturated carbocycles. The molecule has 0 bridgehead atoms. The third kappa shape index (κ3) is 3.46. The number of nitrogens with zero attached hydrogens (tertiary/aromatic N) is 2. The molecule has 116 valence electrons. The molecule has 1 saturated heterocycles. The molecular weight excluding hydrogens is 270 g/mol. The zero-order valence-electron chi connectivity index (χ0n) is 12.8. The minimum Gasteiger partial charge on any atom is -0.496 e. The molecule has 0 unspecified atom stereocenters. The second kappa shape index (κ2) is 6.32. The Labute approximate surface area is 125 Å². The quantitative estimate of drug-likeness (QED) is 0.380. The highest BCUT2D eigenvalue weighted by Crippen LogP contribution is 2.25. The average Bonchev–Trinajstić information content (AvgIpc) is 2.48. The van der Waals surface area contributed by atoms with Gasteiger partial charge in [-0.05, 0) is 31.5 Å². The highest BCUT2D eigenvalue weighted by molar-refractivity contribution is 5.99. The average molecular weight is 293 g/mol. The van der Waals surface area contributed by atoms with Gasteiger partial charge in [-0.1, -0.05) is 11.2 Å². The maximum atomic E-state index is 8.88. The topological polar surface area (TPSA) is 80.3 Å². The minimum absolute atomic E-state index is 0.00501. The fraction of sp³-hybridized carbons (Fsp3) is 0.533. The summed E-state index contributed by atoms with van der Waals surface area (Å²) >= 11 is 0. The molecule has 1 aliphatic rings. The van der Waals surface area contributed by atoms with Crippen LogP contribution in [-0.4, -0.2) is 48.4 Å². The second-order valence-corrected chi connectivity index (χ2v) is 5.81. The van der Waals surface area contributed by atoms with Crippen LogP contribution in [-0.2, 0) is 11.3 Å². The molecule has 21 heavy (non-hydrogen) atoms. The maximum Gasteiger partial charge on any atom is 0.173 e. The van der Waals surface area contributed by atoms with Crippen LogP contribution in [0.15, 0.2) is 23.4 Å². The Bertz CT molecular complexity index is 529. The van der Waals surface area contributed by atoms with Gasteiger partial charge in [-0.2, -0.15) is 0 Å². The summed E-state index contributed by atoms with van der Waals surface area (Å²) in [7, 11) is 1.56. The number of hydrogen-bond donors (Lipinski definition) is 2. The zero-order valence-corrected chi connectivity index (χ0v) is 12.8. The smallest absolute Gasteiger partial charge is 0.173 e. The predicted octanol–water partition coefficient (Wildman–Crippen LogP) is 1.40. The highest BCUT2D eigenvalue weighted by atomic mass is 16.5. The summed E-state index contributed by atoms with van der Waals surface area (Å²) in [5.74, 6) is 0.644. The first-order valence-electron chi connectivity index (χ1n) is 6.95. The van der Waals surface area contributed by atoms with Gasteiger partial charge >= 0.3 is 0 Å². The van der Waals surface area contributed by atoms with Gasteiger partial charge < -0.3 is 20.4 Å². The first-order valence-corrected chi connectivity index (χ1v) is 6.95. The second-order valence-electron chi connectivity index (χ2n) is 5.81. The Morgan fingerprint density at radius 2 is 2.29 bits per heavy atom. The molecule has 1 heterocycles. The predicted molar refractivity (Wildman–Crippen MR) is 80.8 cm³/mol. The Hall–Kier alpha value is -1.79. The van der Waals surface area contributed by atoms with Crippen molar-refractivity contribution < 1.29 is 14.7 Å². The largest absolute Gasteiger partial charge is 0.496 e. The van der Waals surface area contributed by atoms with E-state index in [1.165, 1.54) is 0 Å². The number of hydrogen-bond acceptors (Lipinski definition) is 5. The van der Waals surface area contributed by atoms with Crippen LogP contribution in [0, 0.1) is 0 Å². The normalized spacial score (nSPS) is 19.5. The van der Waals surface area contributed by atoms with Crippen LogP contribution in [0.2, 0.25) is 0 Å². The van der Waals surface area contributed by atoms with Crippen molar-refractivity contribution in [2.24, 2.45) is 10.9 Å². The minimum atomic E-state index is -0.00501. The van der Waals surface area contributed by atoms with Crippen LogP contribution < -0.4 is 10.5 Å². The summed E-state index contributed by atoms with van der Waals surface area (Å²) in [6, 6.07) is 5.74. The molecule has 0 radical (unpaired) electrons. The molecule has 1 aliphatic heterocycles. The van der Waals surface area contributed by atoms with Crippen molar-refractivity contribution in [3.05, 3.63) is 29.3 Å². The molecule has 0 amide bonds. The van der Waals surface area contributed by atoms with Gasteiger partial charge in [0, 0.05) is 18.6 Å². The van der Waals surface area contributed by atoms with E-state index in [0.29, 0.717) is 11.3 Å². The van der Waals surface area contributed by atoms with Crippen molar-refractivity contribution in [1.82, 2.24) is 4.90 Å². The van der Waals surface area contributed by atoms with E-state index in [0.717, 1.165) is 31.9 Å². The molecule has 1 aromatic carbocycles.